The topological polar surface area (TPSA) is 101 Å². The van der Waals surface area contributed by atoms with Crippen LogP contribution in [0.5, 0.6) is 11.5 Å². The van der Waals surface area contributed by atoms with Crippen molar-refractivity contribution in [2.24, 2.45) is 17.8 Å². The third-order valence-electron chi connectivity index (χ3n) is 9.16. The van der Waals surface area contributed by atoms with Crippen molar-refractivity contribution in [1.29, 1.82) is 0 Å². The predicted octanol–water partition coefficient (Wildman–Crippen LogP) is 4.55. The summed E-state index contributed by atoms with van der Waals surface area (Å²) in [5.74, 6) is -2.10. The molecule has 0 bridgehead atoms. The first-order valence-corrected chi connectivity index (χ1v) is 13.8. The van der Waals surface area contributed by atoms with Gasteiger partial charge in [0.1, 0.15) is 0 Å². The van der Waals surface area contributed by atoms with Gasteiger partial charge in [-0.15, -0.1) is 0 Å². The number of phenolic OH excluding ortho intramolecular Hbond substituents is 1. The van der Waals surface area contributed by atoms with E-state index in [-0.39, 0.29) is 47.5 Å². The summed E-state index contributed by atoms with van der Waals surface area (Å²) in [7, 11) is 0. The van der Waals surface area contributed by atoms with Crippen LogP contribution >= 0.6 is 0 Å². The van der Waals surface area contributed by atoms with Gasteiger partial charge in [-0.25, -0.2) is 0 Å². The number of amides is 2. The second-order valence-electron chi connectivity index (χ2n) is 11.2. The van der Waals surface area contributed by atoms with Gasteiger partial charge in [0.15, 0.2) is 23.1 Å². The smallest absolute Gasteiger partial charge is 0.233 e. The minimum atomic E-state index is -0.545. The number of ether oxygens (including phenoxy) is 1. The van der Waals surface area contributed by atoms with Crippen molar-refractivity contribution in [3.63, 3.8) is 0 Å². The van der Waals surface area contributed by atoms with E-state index in [0.717, 1.165) is 43.2 Å². The van der Waals surface area contributed by atoms with Gasteiger partial charge in [-0.05, 0) is 69.2 Å². The molecule has 1 aromatic rings. The molecule has 2 amide bonds. The molecule has 7 nitrogen and oxygen atoms in total. The molecule has 4 unspecified atom stereocenters. The summed E-state index contributed by atoms with van der Waals surface area (Å²) in [6.07, 6.45) is 9.03. The summed E-state index contributed by atoms with van der Waals surface area (Å²) in [5.41, 5.74) is 2.93. The number of benzene rings is 1. The number of carbonyl (C=O) groups excluding carboxylic acids is 4. The number of hydrogen-bond donors (Lipinski definition) is 1. The molecular formula is C31H33NO6. The lowest BCUT2D eigenvalue weighted by atomic mass is 9.59. The highest BCUT2D eigenvalue weighted by Crippen LogP contribution is 2.56. The maximum atomic E-state index is 13.9. The van der Waals surface area contributed by atoms with Gasteiger partial charge in [0.05, 0.1) is 18.4 Å². The van der Waals surface area contributed by atoms with Gasteiger partial charge in [-0.1, -0.05) is 37.0 Å². The molecule has 1 aromatic carbocycles. The van der Waals surface area contributed by atoms with E-state index in [1.165, 1.54) is 6.08 Å². The van der Waals surface area contributed by atoms with Crippen LogP contribution in [-0.4, -0.2) is 46.0 Å². The summed E-state index contributed by atoms with van der Waals surface area (Å²) in [6, 6.07) is 4.99. The van der Waals surface area contributed by atoms with E-state index in [1.807, 2.05) is 13.0 Å². The third-order valence-corrected chi connectivity index (χ3v) is 9.16. The number of likely N-dealkylation sites (tertiary alicyclic amines) is 1. The van der Waals surface area contributed by atoms with E-state index in [1.54, 1.807) is 30.0 Å². The molecule has 38 heavy (non-hydrogen) atoms. The molecule has 0 spiro atoms. The Bertz CT molecular complexity index is 1340. The third kappa shape index (κ3) is 3.69. The second-order valence-corrected chi connectivity index (χ2v) is 11.2. The largest absolute Gasteiger partial charge is 0.504 e. The van der Waals surface area contributed by atoms with Crippen LogP contribution in [0.25, 0.3) is 0 Å². The van der Waals surface area contributed by atoms with Crippen LogP contribution in [0.1, 0.15) is 70.3 Å². The molecule has 7 heteroatoms. The van der Waals surface area contributed by atoms with E-state index in [4.69, 9.17) is 4.74 Å². The van der Waals surface area contributed by atoms with Crippen LogP contribution in [0, 0.1) is 17.8 Å². The summed E-state index contributed by atoms with van der Waals surface area (Å²) in [6.45, 7) is 3.84. The minimum absolute atomic E-state index is 0.00309. The zero-order chi connectivity index (χ0) is 26.7. The normalized spacial score (nSPS) is 29.6. The highest BCUT2D eigenvalue weighted by atomic mass is 16.5. The fourth-order valence-electron chi connectivity index (χ4n) is 7.45. The van der Waals surface area contributed by atoms with Crippen LogP contribution in [0.4, 0.5) is 0 Å². The standard InChI is InChI=1S/C31H33NO6/c1-3-38-25-14-17(9-12-23(25)33)26-19-10-11-20-27(31(37)32(30(20)36)18-7-5-4-6-8-18)21(19)15-22-24(34)13-16(2)29(35)28(22)26/h9-10,12-14,18,20-21,26-27,33H,3-8,11,15H2,1-2H3. The SMILES string of the molecule is CCOc1cc(C2C3=CCC4C(=O)N(C5CCCCC5)C(=O)C4C3CC3=C2C(=O)C(C)=CC3=O)ccc1O. The van der Waals surface area contributed by atoms with Crippen molar-refractivity contribution in [3.05, 3.63) is 58.2 Å². The number of hydrogen-bond acceptors (Lipinski definition) is 6. The molecule has 1 saturated carbocycles. The van der Waals surface area contributed by atoms with Gasteiger partial charge < -0.3 is 9.84 Å². The Hall–Kier alpha value is -3.48. The fourth-order valence-corrected chi connectivity index (χ4v) is 7.45. The Balaban J connectivity index is 1.46. The predicted molar refractivity (Wildman–Crippen MR) is 139 cm³/mol. The summed E-state index contributed by atoms with van der Waals surface area (Å²) in [5, 5.41) is 10.3. The Morgan fingerprint density at radius 2 is 1.79 bits per heavy atom. The average molecular weight is 516 g/mol. The van der Waals surface area contributed by atoms with Crippen molar-refractivity contribution in [3.8, 4) is 11.5 Å². The number of phenols is 1. The number of allylic oxidation sites excluding steroid dienone is 6. The molecule has 1 N–H and O–H groups in total. The van der Waals surface area contributed by atoms with E-state index in [0.29, 0.717) is 35.5 Å². The molecular weight excluding hydrogens is 482 g/mol. The first-order chi connectivity index (χ1) is 18.3. The van der Waals surface area contributed by atoms with Gasteiger partial charge in [-0.3, -0.25) is 24.1 Å². The van der Waals surface area contributed by atoms with Gasteiger partial charge in [0.2, 0.25) is 11.8 Å². The highest BCUT2D eigenvalue weighted by Gasteiger charge is 2.57. The number of aromatic hydroxyl groups is 1. The lowest BCUT2D eigenvalue weighted by molar-refractivity contribution is -0.143. The number of nitrogens with zero attached hydrogens (tertiary/aromatic N) is 1. The maximum absolute atomic E-state index is 13.9. The number of carbonyl (C=O) groups is 4. The summed E-state index contributed by atoms with van der Waals surface area (Å²) >= 11 is 0. The quantitative estimate of drug-likeness (QED) is 0.359. The maximum Gasteiger partial charge on any atom is 0.233 e. The van der Waals surface area contributed by atoms with Gasteiger partial charge in [0.25, 0.3) is 0 Å². The van der Waals surface area contributed by atoms with E-state index in [2.05, 4.69) is 0 Å². The molecule has 0 radical (unpaired) electrons. The van der Waals surface area contributed by atoms with Crippen LogP contribution < -0.4 is 4.74 Å². The lowest BCUT2D eigenvalue weighted by Crippen LogP contribution is -2.43. The zero-order valence-corrected chi connectivity index (χ0v) is 21.9. The molecule has 198 valence electrons. The molecule has 0 aromatic heterocycles. The Morgan fingerprint density at radius 1 is 1.03 bits per heavy atom. The first kappa shape index (κ1) is 24.8. The summed E-state index contributed by atoms with van der Waals surface area (Å²) in [4.78, 5) is 55.9. The van der Waals surface area contributed by atoms with E-state index < -0.39 is 17.8 Å². The van der Waals surface area contributed by atoms with Crippen molar-refractivity contribution >= 4 is 23.4 Å². The van der Waals surface area contributed by atoms with Crippen LogP contribution in [0.2, 0.25) is 0 Å². The number of fused-ring (bicyclic) bond motifs is 3. The molecule has 4 aliphatic carbocycles. The Morgan fingerprint density at radius 3 is 2.53 bits per heavy atom. The molecule has 1 aliphatic heterocycles. The van der Waals surface area contributed by atoms with Crippen LogP contribution in [0.15, 0.2) is 52.6 Å². The average Bonchev–Trinajstić information content (AvgIpc) is 3.18. The molecule has 4 atom stereocenters. The lowest BCUT2D eigenvalue weighted by Gasteiger charge is -2.42. The monoisotopic (exact) mass is 515 g/mol. The molecule has 5 aliphatic rings. The van der Waals surface area contributed by atoms with Crippen LogP contribution in [0.3, 0.4) is 0 Å². The van der Waals surface area contributed by atoms with E-state index >= 15 is 0 Å². The van der Waals surface area contributed by atoms with Gasteiger partial charge >= 0.3 is 0 Å². The molecule has 1 heterocycles. The molecule has 2 fully saturated rings. The number of rotatable bonds is 4. The molecule has 1 saturated heterocycles. The Labute approximate surface area is 222 Å². The number of Topliss-reactive ketones (excluding diaryl/α,β-unsaturated/α-hetero) is 1. The van der Waals surface area contributed by atoms with Crippen molar-refractivity contribution in [2.45, 2.75) is 70.8 Å². The zero-order valence-electron chi connectivity index (χ0n) is 21.9. The highest BCUT2D eigenvalue weighted by molar-refractivity contribution is 6.23. The van der Waals surface area contributed by atoms with E-state index in [9.17, 15) is 24.3 Å². The number of ketones is 2. The Kier molecular flexibility index (Phi) is 6.12. The fraction of sp³-hybridized carbons (Fsp3) is 0.484. The second kappa shape index (κ2) is 9.37. The van der Waals surface area contributed by atoms with Crippen molar-refractivity contribution in [2.75, 3.05) is 6.61 Å². The minimum Gasteiger partial charge on any atom is -0.504 e. The summed E-state index contributed by atoms with van der Waals surface area (Å²) < 4.78 is 5.64. The first-order valence-electron chi connectivity index (χ1n) is 13.8. The van der Waals surface area contributed by atoms with Crippen molar-refractivity contribution in [1.82, 2.24) is 4.90 Å². The van der Waals surface area contributed by atoms with Crippen molar-refractivity contribution < 1.29 is 29.0 Å². The van der Waals surface area contributed by atoms with Gasteiger partial charge in [0, 0.05) is 28.7 Å². The van der Waals surface area contributed by atoms with Crippen LogP contribution in [-0.2, 0) is 19.2 Å². The van der Waals surface area contributed by atoms with Gasteiger partial charge in [-0.2, -0.15) is 0 Å². The number of imide groups is 1. The molecule has 6 rings (SSSR count).